The van der Waals surface area contributed by atoms with E-state index in [0.717, 1.165) is 79.4 Å². The number of rotatable bonds is 9. The van der Waals surface area contributed by atoms with Gasteiger partial charge >= 0.3 is 0 Å². The lowest BCUT2D eigenvalue weighted by molar-refractivity contribution is 0.854. The van der Waals surface area contributed by atoms with Gasteiger partial charge in [-0.25, -0.2) is 19.9 Å². The monoisotopic (exact) mass is 832 g/mol. The summed E-state index contributed by atoms with van der Waals surface area (Å²) in [6, 6.07) is 44.2. The lowest BCUT2D eigenvalue weighted by Gasteiger charge is -2.18. The van der Waals surface area contributed by atoms with Gasteiger partial charge in [-0.05, 0) is 89.9 Å². The van der Waals surface area contributed by atoms with Crippen molar-refractivity contribution in [1.82, 2.24) is 19.9 Å². The summed E-state index contributed by atoms with van der Waals surface area (Å²) in [7, 11) is 0. The van der Waals surface area contributed by atoms with E-state index in [2.05, 4.69) is 109 Å². The number of hydrogen-bond acceptors (Lipinski definition) is 5. The van der Waals surface area contributed by atoms with Crippen LogP contribution in [0.4, 0.5) is 0 Å². The van der Waals surface area contributed by atoms with E-state index in [1.54, 1.807) is 11.3 Å². The minimum absolute atomic E-state index is 0.0542. The maximum atomic E-state index is 9.77. The molecule has 0 saturated carbocycles. The number of H-pyrrole nitrogens is 1. The van der Waals surface area contributed by atoms with Crippen LogP contribution in [0.15, 0.2) is 194 Å². The molecule has 0 fully saturated rings. The third-order valence-corrected chi connectivity index (χ3v) is 12.9. The van der Waals surface area contributed by atoms with Crippen molar-refractivity contribution in [2.75, 3.05) is 0 Å². The van der Waals surface area contributed by atoms with Gasteiger partial charge in [-0.1, -0.05) is 152 Å². The molecule has 0 spiro atoms. The minimum atomic E-state index is 0.0542. The Morgan fingerprint density at radius 1 is 0.794 bits per heavy atom. The van der Waals surface area contributed by atoms with Gasteiger partial charge in [0, 0.05) is 60.1 Å². The van der Waals surface area contributed by atoms with Crippen molar-refractivity contribution in [2.45, 2.75) is 32.1 Å². The minimum Gasteiger partial charge on any atom is -0.345 e. The van der Waals surface area contributed by atoms with Gasteiger partial charge in [-0.15, -0.1) is 11.3 Å². The first-order valence-electron chi connectivity index (χ1n) is 21.3. The summed E-state index contributed by atoms with van der Waals surface area (Å²) >= 11 is 1.73. The second-order valence-corrected chi connectivity index (χ2v) is 16.9. The van der Waals surface area contributed by atoms with Gasteiger partial charge in [0.25, 0.3) is 0 Å². The molecule has 3 heterocycles. The van der Waals surface area contributed by atoms with Gasteiger partial charge in [0.05, 0.1) is 0 Å². The molecule has 0 bridgehead atoms. The summed E-state index contributed by atoms with van der Waals surface area (Å²) < 4.78 is 2.25. The number of nitrogens with zero attached hydrogens (tertiary/aromatic N) is 4. The molecule has 7 heteroatoms. The van der Waals surface area contributed by atoms with E-state index < -0.39 is 0 Å². The highest BCUT2D eigenvalue weighted by atomic mass is 32.1. The second kappa shape index (κ2) is 17.4. The SMILES string of the molecule is C=C(/C=C\C)c1nc(C2=CCC(c3cc(C(=N)N=c4[nH]cc(-c5ccccc5)cc4-c4ccccc4)c4sc5ccc(C6=CC=CCC6)cc5c4c3)C=C2)nc(-c2ccccc2)n1. The van der Waals surface area contributed by atoms with Crippen LogP contribution in [0.3, 0.4) is 0 Å². The number of pyridine rings is 1. The Kier molecular flexibility index (Phi) is 10.9. The normalized spacial score (nSPS) is 15.3. The van der Waals surface area contributed by atoms with Crippen LogP contribution in [0.2, 0.25) is 0 Å². The molecule has 2 aliphatic rings. The number of benzene rings is 5. The molecule has 1 atom stereocenters. The Hall–Kier alpha value is -7.61. The Balaban J connectivity index is 1.08. The molecule has 0 aliphatic heterocycles. The summed E-state index contributed by atoms with van der Waals surface area (Å²) in [5.41, 5.74) is 11.9. The van der Waals surface area contributed by atoms with Gasteiger partial charge in [0.1, 0.15) is 5.49 Å². The van der Waals surface area contributed by atoms with Crippen molar-refractivity contribution in [1.29, 1.82) is 5.41 Å². The van der Waals surface area contributed by atoms with Crippen LogP contribution in [0.5, 0.6) is 0 Å². The molecule has 5 aromatic carbocycles. The zero-order valence-electron chi connectivity index (χ0n) is 34.9. The molecule has 0 amide bonds. The van der Waals surface area contributed by atoms with E-state index >= 15 is 0 Å². The third kappa shape index (κ3) is 8.14. The van der Waals surface area contributed by atoms with Gasteiger partial charge in [0.15, 0.2) is 23.3 Å². The fourth-order valence-electron chi connectivity index (χ4n) is 8.40. The topological polar surface area (TPSA) is 90.7 Å². The first kappa shape index (κ1) is 39.5. The van der Waals surface area contributed by atoms with E-state index in [0.29, 0.717) is 23.0 Å². The Bertz CT molecular complexity index is 3290. The Morgan fingerprint density at radius 3 is 2.25 bits per heavy atom. The summed E-state index contributed by atoms with van der Waals surface area (Å²) in [5, 5.41) is 12.1. The number of aromatic amines is 1. The largest absolute Gasteiger partial charge is 0.345 e. The Morgan fingerprint density at radius 2 is 1.54 bits per heavy atom. The molecule has 2 aliphatic carbocycles. The fraction of sp³-hybridized carbons (Fsp3) is 0.0893. The van der Waals surface area contributed by atoms with Crippen molar-refractivity contribution in [2.24, 2.45) is 4.99 Å². The second-order valence-electron chi connectivity index (χ2n) is 15.8. The van der Waals surface area contributed by atoms with Crippen molar-refractivity contribution in [3.63, 3.8) is 0 Å². The van der Waals surface area contributed by atoms with Crippen LogP contribution < -0.4 is 5.49 Å². The predicted molar refractivity (Wildman–Crippen MR) is 263 cm³/mol. The zero-order chi connectivity index (χ0) is 42.7. The van der Waals surface area contributed by atoms with Crippen molar-refractivity contribution in [3.8, 4) is 33.6 Å². The van der Waals surface area contributed by atoms with Crippen LogP contribution in [-0.4, -0.2) is 25.8 Å². The highest BCUT2D eigenvalue weighted by molar-refractivity contribution is 7.26. The van der Waals surface area contributed by atoms with E-state index in [1.807, 2.05) is 92.0 Å². The number of fused-ring (bicyclic) bond motifs is 3. The number of nitrogens with one attached hydrogen (secondary N) is 2. The molecule has 10 rings (SSSR count). The molecule has 6 nitrogen and oxygen atoms in total. The predicted octanol–water partition coefficient (Wildman–Crippen LogP) is 13.9. The molecule has 63 heavy (non-hydrogen) atoms. The van der Waals surface area contributed by atoms with Gasteiger partial charge < -0.3 is 4.98 Å². The molecule has 8 aromatic rings. The molecule has 1 unspecified atom stereocenters. The first-order valence-corrected chi connectivity index (χ1v) is 22.2. The maximum Gasteiger partial charge on any atom is 0.164 e. The molecule has 0 saturated heterocycles. The van der Waals surface area contributed by atoms with Crippen molar-refractivity contribution in [3.05, 3.63) is 223 Å². The summed E-state index contributed by atoms with van der Waals surface area (Å²) in [4.78, 5) is 23.3. The van der Waals surface area contributed by atoms with Crippen molar-refractivity contribution < 1.29 is 0 Å². The quantitative estimate of drug-likeness (QED) is 0.0862. The summed E-state index contributed by atoms with van der Waals surface area (Å²) in [6.45, 7) is 6.20. The first-order chi connectivity index (χ1) is 31.0. The molecule has 3 aromatic heterocycles. The molecular formula is C56H44N6S. The van der Waals surface area contributed by atoms with Crippen LogP contribution >= 0.6 is 11.3 Å². The van der Waals surface area contributed by atoms with E-state index in [9.17, 15) is 5.41 Å². The number of thiophene rings is 1. The molecule has 2 N–H and O–H groups in total. The number of aromatic nitrogens is 4. The smallest absolute Gasteiger partial charge is 0.164 e. The fourth-order valence-corrected chi connectivity index (χ4v) is 9.58. The third-order valence-electron chi connectivity index (χ3n) is 11.7. The summed E-state index contributed by atoms with van der Waals surface area (Å²) in [5.74, 6) is 2.04. The zero-order valence-corrected chi connectivity index (χ0v) is 35.7. The average molecular weight is 833 g/mol. The average Bonchev–Trinajstić information content (AvgIpc) is 3.73. The number of allylic oxidation sites excluding steroid dienone is 11. The molecule has 304 valence electrons. The molecule has 0 radical (unpaired) electrons. The van der Waals surface area contributed by atoms with Crippen LogP contribution in [0, 0.1) is 5.41 Å². The van der Waals surface area contributed by atoms with Crippen LogP contribution in [0.1, 0.15) is 60.4 Å². The highest BCUT2D eigenvalue weighted by Gasteiger charge is 2.21. The summed E-state index contributed by atoms with van der Waals surface area (Å²) in [6.07, 6.45) is 21.9. The highest BCUT2D eigenvalue weighted by Crippen LogP contribution is 2.42. The maximum absolute atomic E-state index is 9.77. The lowest BCUT2D eigenvalue weighted by Crippen LogP contribution is -2.15. The van der Waals surface area contributed by atoms with Gasteiger partial charge in [-0.2, -0.15) is 0 Å². The van der Waals surface area contributed by atoms with E-state index in [-0.39, 0.29) is 11.8 Å². The van der Waals surface area contributed by atoms with Crippen LogP contribution in [0.25, 0.3) is 70.5 Å². The van der Waals surface area contributed by atoms with E-state index in [4.69, 9.17) is 19.9 Å². The van der Waals surface area contributed by atoms with Gasteiger partial charge in [-0.3, -0.25) is 5.41 Å². The number of amidine groups is 1. The van der Waals surface area contributed by atoms with Crippen molar-refractivity contribution >= 4 is 54.1 Å². The Labute approximate surface area is 371 Å². The lowest BCUT2D eigenvalue weighted by atomic mass is 9.87. The number of hydrogen-bond donors (Lipinski definition) is 2. The van der Waals surface area contributed by atoms with E-state index in [1.165, 1.54) is 21.2 Å². The standard InChI is InChI=1S/C56H44N6S/c1-3-16-36(2)53-60-54(41-23-14-7-15-24-41)62-55(61-53)42-27-25-39(26-28-42)44-32-48-47-31-43(37-17-8-4-9-18-37)29-30-50(47)63-51(48)49(33-44)52(57)59-56-46(40-21-12-6-13-22-40)34-45(35-58-56)38-19-10-5-11-20-38/h3-8,10-17,19-25,27-35,39H,2,9,18,26H2,1H3,(H2,57,58,59)/b16-3-. The van der Waals surface area contributed by atoms with Crippen LogP contribution in [-0.2, 0) is 0 Å². The van der Waals surface area contributed by atoms with Gasteiger partial charge in [0.2, 0.25) is 0 Å². The molecular weight excluding hydrogens is 789 g/mol.